The molecule has 0 spiro atoms. The Labute approximate surface area is 195 Å². The molecule has 2 aromatic heterocycles. The van der Waals surface area contributed by atoms with Crippen LogP contribution in [0.15, 0.2) is 47.3 Å². The van der Waals surface area contributed by atoms with Crippen molar-refractivity contribution in [1.82, 2.24) is 9.55 Å². The second-order valence-corrected chi connectivity index (χ2v) is 8.58. The molecule has 1 aliphatic heterocycles. The van der Waals surface area contributed by atoms with Gasteiger partial charge in [-0.15, -0.1) is 0 Å². The average molecular weight is 461 g/mol. The van der Waals surface area contributed by atoms with Crippen LogP contribution in [0.1, 0.15) is 43.9 Å². The van der Waals surface area contributed by atoms with Gasteiger partial charge in [0.1, 0.15) is 24.1 Å². The summed E-state index contributed by atoms with van der Waals surface area (Å²) < 4.78 is 20.4. The Balaban J connectivity index is 2.01. The van der Waals surface area contributed by atoms with E-state index in [0.29, 0.717) is 22.3 Å². The van der Waals surface area contributed by atoms with Gasteiger partial charge in [0.05, 0.1) is 24.3 Å². The van der Waals surface area contributed by atoms with Crippen molar-refractivity contribution in [1.29, 1.82) is 5.26 Å². The molecule has 2 unspecified atom stereocenters. The Kier molecular flexibility index (Phi) is 6.57. The van der Waals surface area contributed by atoms with E-state index in [1.165, 1.54) is 22.8 Å². The van der Waals surface area contributed by atoms with E-state index < -0.39 is 18.2 Å². The number of aliphatic hydroxyl groups excluding tert-OH is 1. The first kappa shape index (κ1) is 23.3. The van der Waals surface area contributed by atoms with Crippen LogP contribution in [0, 0.1) is 17.1 Å². The average Bonchev–Trinajstić information content (AvgIpc) is 2.78. The van der Waals surface area contributed by atoms with Crippen LogP contribution in [-0.4, -0.2) is 32.8 Å². The second kappa shape index (κ2) is 9.57. The molecule has 0 bridgehead atoms. The standard InChI is InChI=1S/C26H24FN3O4/c1-15(2)25-20(8-7-19-13-18(31)14-23(33)34-19)24(16-3-5-17(27)6-4-16)21-9-10-22(32)30(12-11-28)26(21)29-25/h3-10,15,18-19,31H,12-14H2,1-2H3/b8-7+. The molecule has 1 aromatic carbocycles. The first-order chi connectivity index (χ1) is 16.3. The summed E-state index contributed by atoms with van der Waals surface area (Å²) in [5.41, 5.74) is 2.86. The number of carbonyl (C=O) groups excluding carboxylic acids is 1. The number of hydrogen-bond acceptors (Lipinski definition) is 6. The van der Waals surface area contributed by atoms with E-state index in [-0.39, 0.29) is 36.7 Å². The maximum absolute atomic E-state index is 13.7. The van der Waals surface area contributed by atoms with Gasteiger partial charge < -0.3 is 9.84 Å². The zero-order chi connectivity index (χ0) is 24.4. The van der Waals surface area contributed by atoms with Crippen LogP contribution in [0.2, 0.25) is 0 Å². The van der Waals surface area contributed by atoms with E-state index in [2.05, 4.69) is 0 Å². The third-order valence-electron chi connectivity index (χ3n) is 5.77. The smallest absolute Gasteiger partial charge is 0.309 e. The number of esters is 1. The molecule has 0 amide bonds. The molecule has 3 aromatic rings. The summed E-state index contributed by atoms with van der Waals surface area (Å²) >= 11 is 0. The molecule has 4 rings (SSSR count). The summed E-state index contributed by atoms with van der Waals surface area (Å²) in [7, 11) is 0. The highest BCUT2D eigenvalue weighted by Gasteiger charge is 2.26. The molecule has 0 aliphatic carbocycles. The number of halogens is 1. The van der Waals surface area contributed by atoms with E-state index >= 15 is 0 Å². The Morgan fingerprint density at radius 1 is 1.26 bits per heavy atom. The van der Waals surface area contributed by atoms with E-state index in [1.807, 2.05) is 19.9 Å². The maximum atomic E-state index is 13.7. The Morgan fingerprint density at radius 3 is 2.65 bits per heavy atom. The number of rotatable bonds is 5. The number of carbonyl (C=O) groups is 1. The van der Waals surface area contributed by atoms with Crippen molar-refractivity contribution in [2.24, 2.45) is 0 Å². The van der Waals surface area contributed by atoms with Crippen molar-refractivity contribution in [3.05, 3.63) is 69.9 Å². The molecular formula is C26H24FN3O4. The predicted molar refractivity (Wildman–Crippen MR) is 125 cm³/mol. The fourth-order valence-electron chi connectivity index (χ4n) is 4.22. The fraction of sp³-hybridized carbons (Fsp3) is 0.308. The number of cyclic esters (lactones) is 1. The lowest BCUT2D eigenvalue weighted by atomic mass is 9.91. The minimum absolute atomic E-state index is 0.0314. The normalized spacial score (nSPS) is 18.4. The predicted octanol–water partition coefficient (Wildman–Crippen LogP) is 3.93. The third kappa shape index (κ3) is 4.61. The third-order valence-corrected chi connectivity index (χ3v) is 5.77. The van der Waals surface area contributed by atoms with Gasteiger partial charge in [-0.3, -0.25) is 14.2 Å². The van der Waals surface area contributed by atoms with Crippen LogP contribution < -0.4 is 5.56 Å². The van der Waals surface area contributed by atoms with Gasteiger partial charge in [0.2, 0.25) is 0 Å². The highest BCUT2D eigenvalue weighted by atomic mass is 19.1. The molecule has 34 heavy (non-hydrogen) atoms. The van der Waals surface area contributed by atoms with E-state index in [9.17, 15) is 24.3 Å². The summed E-state index contributed by atoms with van der Waals surface area (Å²) in [6.07, 6.45) is 2.40. The van der Waals surface area contributed by atoms with Crippen LogP contribution in [0.4, 0.5) is 4.39 Å². The molecule has 7 nitrogen and oxygen atoms in total. The first-order valence-corrected chi connectivity index (χ1v) is 11.0. The number of nitriles is 1. The molecule has 2 atom stereocenters. The van der Waals surface area contributed by atoms with E-state index in [4.69, 9.17) is 9.72 Å². The zero-order valence-corrected chi connectivity index (χ0v) is 18.9. The molecular weight excluding hydrogens is 437 g/mol. The lowest BCUT2D eigenvalue weighted by Crippen LogP contribution is -2.31. The number of aromatic nitrogens is 2. The first-order valence-electron chi connectivity index (χ1n) is 11.0. The Bertz CT molecular complexity index is 1370. The molecule has 174 valence electrons. The minimum Gasteiger partial charge on any atom is -0.458 e. The van der Waals surface area contributed by atoms with E-state index in [0.717, 1.165) is 11.1 Å². The highest BCUT2D eigenvalue weighted by Crippen LogP contribution is 2.36. The molecule has 1 saturated heterocycles. The molecule has 0 radical (unpaired) electrons. The highest BCUT2D eigenvalue weighted by molar-refractivity contribution is 5.98. The fourth-order valence-corrected chi connectivity index (χ4v) is 4.22. The van der Waals surface area contributed by atoms with Gasteiger partial charge in [0, 0.05) is 29.0 Å². The molecule has 1 N–H and O–H groups in total. The van der Waals surface area contributed by atoms with Crippen molar-refractivity contribution in [2.45, 2.75) is 51.4 Å². The minimum atomic E-state index is -0.771. The Morgan fingerprint density at radius 2 is 2.00 bits per heavy atom. The summed E-state index contributed by atoms with van der Waals surface area (Å²) in [5.74, 6) is -0.908. The SMILES string of the molecule is CC(C)c1nc2c(ccc(=O)n2CC#N)c(-c2ccc(F)cc2)c1/C=C/C1CC(O)CC(=O)O1. The van der Waals surface area contributed by atoms with Crippen molar-refractivity contribution in [3.63, 3.8) is 0 Å². The number of nitrogens with zero attached hydrogens (tertiary/aromatic N) is 3. The number of ether oxygens (including phenoxy) is 1. The zero-order valence-electron chi connectivity index (χ0n) is 18.9. The van der Waals surface area contributed by atoms with Crippen LogP contribution >= 0.6 is 0 Å². The van der Waals surface area contributed by atoms with Crippen molar-refractivity contribution in [2.75, 3.05) is 0 Å². The monoisotopic (exact) mass is 461 g/mol. The molecule has 8 heteroatoms. The topological polar surface area (TPSA) is 105 Å². The van der Waals surface area contributed by atoms with Crippen LogP contribution in [0.5, 0.6) is 0 Å². The number of fused-ring (bicyclic) bond motifs is 1. The number of hydrogen-bond donors (Lipinski definition) is 1. The van der Waals surface area contributed by atoms with Crippen LogP contribution in [-0.2, 0) is 16.1 Å². The van der Waals surface area contributed by atoms with Gasteiger partial charge in [-0.25, -0.2) is 9.37 Å². The summed E-state index contributed by atoms with van der Waals surface area (Å²) in [6, 6.07) is 11.1. The molecule has 1 aliphatic rings. The van der Waals surface area contributed by atoms with Crippen molar-refractivity contribution >= 4 is 23.1 Å². The lowest BCUT2D eigenvalue weighted by molar-refractivity contribution is -0.156. The van der Waals surface area contributed by atoms with Gasteiger partial charge in [-0.05, 0) is 35.8 Å². The second-order valence-electron chi connectivity index (χ2n) is 8.58. The number of aliphatic hydroxyl groups is 1. The van der Waals surface area contributed by atoms with Gasteiger partial charge >= 0.3 is 5.97 Å². The van der Waals surface area contributed by atoms with E-state index in [1.54, 1.807) is 30.4 Å². The Hall–Kier alpha value is -3.83. The largest absolute Gasteiger partial charge is 0.458 e. The summed E-state index contributed by atoms with van der Waals surface area (Å²) in [5, 5.41) is 19.9. The van der Waals surface area contributed by atoms with Crippen LogP contribution in [0.3, 0.4) is 0 Å². The quantitative estimate of drug-likeness (QED) is 0.577. The van der Waals surface area contributed by atoms with Crippen LogP contribution in [0.25, 0.3) is 28.2 Å². The van der Waals surface area contributed by atoms with Gasteiger partial charge in [0.25, 0.3) is 5.56 Å². The summed E-state index contributed by atoms with van der Waals surface area (Å²) in [6.45, 7) is 3.76. The molecule has 0 saturated carbocycles. The lowest BCUT2D eigenvalue weighted by Gasteiger charge is -2.24. The van der Waals surface area contributed by atoms with Gasteiger partial charge in [-0.1, -0.05) is 32.1 Å². The number of benzene rings is 1. The molecule has 1 fully saturated rings. The van der Waals surface area contributed by atoms with Gasteiger partial charge in [0.15, 0.2) is 0 Å². The summed E-state index contributed by atoms with van der Waals surface area (Å²) in [4.78, 5) is 29.1. The van der Waals surface area contributed by atoms with Crippen molar-refractivity contribution < 1.29 is 19.0 Å². The molecule has 3 heterocycles. The number of pyridine rings is 2. The van der Waals surface area contributed by atoms with Crippen molar-refractivity contribution in [3.8, 4) is 17.2 Å². The maximum Gasteiger partial charge on any atom is 0.309 e. The van der Waals surface area contributed by atoms with Gasteiger partial charge in [-0.2, -0.15) is 5.26 Å².